The Morgan fingerprint density at radius 1 is 1.18 bits per heavy atom. The minimum atomic E-state index is -1.10. The molecule has 2 aliphatic rings. The summed E-state index contributed by atoms with van der Waals surface area (Å²) in [6.07, 6.45) is 0.660. The van der Waals surface area contributed by atoms with E-state index in [0.717, 1.165) is 27.9 Å². The van der Waals surface area contributed by atoms with Crippen LogP contribution in [0.1, 0.15) is 18.2 Å². The average molecular weight is 396 g/mol. The number of imide groups is 1. The van der Waals surface area contributed by atoms with Crippen molar-refractivity contribution in [3.63, 3.8) is 0 Å². The number of benzene rings is 2. The highest BCUT2D eigenvalue weighted by Crippen LogP contribution is 2.46. The van der Waals surface area contributed by atoms with Crippen molar-refractivity contribution in [2.75, 3.05) is 18.6 Å². The molecule has 7 heteroatoms. The number of carbonyl (C=O) groups excluding carboxylic acids is 2. The molecule has 1 saturated heterocycles. The van der Waals surface area contributed by atoms with Gasteiger partial charge in [-0.25, -0.2) is 9.69 Å². The predicted octanol–water partition coefficient (Wildman–Crippen LogP) is 4.07. The standard InChI is InChI=1S/C21H18ClN3O3/c1-21-18-13(14-11-12(28-2)7-8-16(14)23-18)9-10-24(21)20(27)25(19(21)26)17-6-4-3-5-15(17)22/h3-8,11,23H,9-10H2,1-2H3/t21-/m0/s1. The van der Waals surface area contributed by atoms with Gasteiger partial charge >= 0.3 is 6.03 Å². The highest BCUT2D eigenvalue weighted by molar-refractivity contribution is 6.36. The van der Waals surface area contributed by atoms with Gasteiger partial charge in [0.1, 0.15) is 5.75 Å². The Bertz CT molecular complexity index is 1160. The Labute approximate surface area is 166 Å². The first-order valence-corrected chi connectivity index (χ1v) is 9.44. The van der Waals surface area contributed by atoms with Crippen LogP contribution in [-0.2, 0) is 16.8 Å². The lowest BCUT2D eigenvalue weighted by atomic mass is 9.87. The molecule has 1 N–H and O–H groups in total. The summed E-state index contributed by atoms with van der Waals surface area (Å²) in [6.45, 7) is 2.26. The SMILES string of the molecule is COc1ccc2[nH]c3c(c2c1)CCN1C(=O)N(c2ccccc2Cl)C(=O)[C@]31C. The number of amides is 3. The van der Waals surface area contributed by atoms with Gasteiger partial charge in [-0.05, 0) is 49.2 Å². The van der Waals surface area contributed by atoms with Crippen LogP contribution in [-0.4, -0.2) is 35.5 Å². The van der Waals surface area contributed by atoms with E-state index in [1.54, 1.807) is 43.2 Å². The van der Waals surface area contributed by atoms with Crippen LogP contribution in [0.25, 0.3) is 10.9 Å². The summed E-state index contributed by atoms with van der Waals surface area (Å²) in [7, 11) is 1.63. The summed E-state index contributed by atoms with van der Waals surface area (Å²) in [5.41, 5.74) is 2.04. The quantitative estimate of drug-likeness (QED) is 0.665. The lowest BCUT2D eigenvalue weighted by Crippen LogP contribution is -2.49. The van der Waals surface area contributed by atoms with E-state index in [1.807, 2.05) is 18.2 Å². The molecule has 2 aliphatic heterocycles. The highest BCUT2D eigenvalue weighted by atomic mass is 35.5. The first-order chi connectivity index (χ1) is 13.5. The number of methoxy groups -OCH3 is 1. The fourth-order valence-electron chi connectivity index (χ4n) is 4.39. The molecule has 5 rings (SSSR count). The normalized spacial score (nSPS) is 21.2. The molecule has 0 radical (unpaired) electrons. The second-order valence-corrected chi connectivity index (χ2v) is 7.65. The van der Waals surface area contributed by atoms with Gasteiger partial charge in [0.25, 0.3) is 5.91 Å². The van der Waals surface area contributed by atoms with E-state index in [9.17, 15) is 9.59 Å². The van der Waals surface area contributed by atoms with Crippen LogP contribution in [0.2, 0.25) is 5.02 Å². The lowest BCUT2D eigenvalue weighted by Gasteiger charge is -2.35. The second kappa shape index (κ2) is 5.75. The van der Waals surface area contributed by atoms with Gasteiger partial charge in [-0.1, -0.05) is 23.7 Å². The number of rotatable bonds is 2. The van der Waals surface area contributed by atoms with Gasteiger partial charge in [0.05, 0.1) is 23.5 Å². The third-order valence-corrected chi connectivity index (χ3v) is 6.18. The van der Waals surface area contributed by atoms with Crippen LogP contribution in [0.5, 0.6) is 5.75 Å². The molecule has 2 aromatic carbocycles. The van der Waals surface area contributed by atoms with Crippen molar-refractivity contribution in [1.82, 2.24) is 9.88 Å². The molecular formula is C21H18ClN3O3. The van der Waals surface area contributed by atoms with Crippen LogP contribution >= 0.6 is 11.6 Å². The number of fused-ring (bicyclic) bond motifs is 5. The number of nitrogens with one attached hydrogen (secondary N) is 1. The van der Waals surface area contributed by atoms with Crippen molar-refractivity contribution in [3.8, 4) is 5.75 Å². The molecular weight excluding hydrogens is 378 g/mol. The number of carbonyl (C=O) groups is 2. The van der Waals surface area contributed by atoms with Crippen LogP contribution in [0.4, 0.5) is 10.5 Å². The minimum Gasteiger partial charge on any atom is -0.497 e. The van der Waals surface area contributed by atoms with Crippen molar-refractivity contribution in [2.45, 2.75) is 18.9 Å². The maximum Gasteiger partial charge on any atom is 0.332 e. The maximum atomic E-state index is 13.5. The first kappa shape index (κ1) is 17.1. The molecule has 142 valence electrons. The number of urea groups is 1. The molecule has 0 spiro atoms. The van der Waals surface area contributed by atoms with Gasteiger partial charge in [-0.3, -0.25) is 4.79 Å². The first-order valence-electron chi connectivity index (χ1n) is 9.06. The summed E-state index contributed by atoms with van der Waals surface area (Å²) in [5.74, 6) is 0.457. The fourth-order valence-corrected chi connectivity index (χ4v) is 4.61. The van der Waals surface area contributed by atoms with Crippen molar-refractivity contribution in [3.05, 3.63) is 58.7 Å². The van der Waals surface area contributed by atoms with Gasteiger partial charge in [-0.15, -0.1) is 0 Å². The molecule has 0 aliphatic carbocycles. The Morgan fingerprint density at radius 2 is 1.96 bits per heavy atom. The van der Waals surface area contributed by atoms with Crippen molar-refractivity contribution in [2.24, 2.45) is 0 Å². The topological polar surface area (TPSA) is 65.6 Å². The van der Waals surface area contributed by atoms with E-state index >= 15 is 0 Å². The van der Waals surface area contributed by atoms with Gasteiger partial charge in [0.15, 0.2) is 5.54 Å². The number of aromatic nitrogens is 1. The van der Waals surface area contributed by atoms with Gasteiger partial charge < -0.3 is 14.6 Å². The van der Waals surface area contributed by atoms with E-state index in [2.05, 4.69) is 4.98 Å². The van der Waals surface area contributed by atoms with Crippen molar-refractivity contribution >= 4 is 40.1 Å². The minimum absolute atomic E-state index is 0.301. The largest absolute Gasteiger partial charge is 0.497 e. The van der Waals surface area contributed by atoms with E-state index in [0.29, 0.717) is 23.7 Å². The number of hydrogen-bond donors (Lipinski definition) is 1. The number of aromatic amines is 1. The lowest BCUT2D eigenvalue weighted by molar-refractivity contribution is -0.125. The molecule has 1 aromatic heterocycles. The third kappa shape index (κ3) is 2.04. The number of anilines is 1. The molecule has 1 atom stereocenters. The van der Waals surface area contributed by atoms with Crippen LogP contribution in [0.15, 0.2) is 42.5 Å². The number of halogens is 1. The van der Waals surface area contributed by atoms with Gasteiger partial charge in [0.2, 0.25) is 0 Å². The second-order valence-electron chi connectivity index (χ2n) is 7.24. The molecule has 0 saturated carbocycles. The van der Waals surface area contributed by atoms with Crippen LogP contribution in [0.3, 0.4) is 0 Å². The third-order valence-electron chi connectivity index (χ3n) is 5.86. The molecule has 0 unspecified atom stereocenters. The zero-order valence-corrected chi connectivity index (χ0v) is 16.2. The molecule has 6 nitrogen and oxygen atoms in total. The van der Waals surface area contributed by atoms with E-state index in [4.69, 9.17) is 16.3 Å². The smallest absolute Gasteiger partial charge is 0.332 e. The Kier molecular flexibility index (Phi) is 3.52. The number of hydrogen-bond acceptors (Lipinski definition) is 3. The molecule has 0 bridgehead atoms. The van der Waals surface area contributed by atoms with E-state index < -0.39 is 5.54 Å². The van der Waals surface area contributed by atoms with Crippen LogP contribution in [0, 0.1) is 0 Å². The zero-order valence-electron chi connectivity index (χ0n) is 15.5. The zero-order chi connectivity index (χ0) is 19.6. The Hall–Kier alpha value is -2.99. The number of nitrogens with zero attached hydrogens (tertiary/aromatic N) is 2. The summed E-state index contributed by atoms with van der Waals surface area (Å²) in [6, 6.07) is 12.3. The molecule has 3 amide bonds. The summed E-state index contributed by atoms with van der Waals surface area (Å²) in [4.78, 5) is 32.9. The molecule has 3 aromatic rings. The summed E-state index contributed by atoms with van der Waals surface area (Å²) >= 11 is 6.29. The van der Waals surface area contributed by atoms with Gasteiger partial charge in [-0.2, -0.15) is 0 Å². The molecule has 28 heavy (non-hydrogen) atoms. The highest BCUT2D eigenvalue weighted by Gasteiger charge is 2.59. The number of H-pyrrole nitrogens is 1. The van der Waals surface area contributed by atoms with E-state index in [1.165, 1.54) is 4.90 Å². The summed E-state index contributed by atoms with van der Waals surface area (Å²) < 4.78 is 5.35. The maximum absolute atomic E-state index is 13.5. The van der Waals surface area contributed by atoms with E-state index in [-0.39, 0.29) is 11.9 Å². The number of para-hydroxylation sites is 1. The van der Waals surface area contributed by atoms with Crippen molar-refractivity contribution < 1.29 is 14.3 Å². The Morgan fingerprint density at radius 3 is 2.71 bits per heavy atom. The molecule has 3 heterocycles. The summed E-state index contributed by atoms with van der Waals surface area (Å²) in [5, 5.41) is 1.39. The van der Waals surface area contributed by atoms with Gasteiger partial charge in [0, 0.05) is 17.4 Å². The van der Waals surface area contributed by atoms with Crippen LogP contribution < -0.4 is 9.64 Å². The average Bonchev–Trinajstić information content (AvgIpc) is 3.16. The Balaban J connectivity index is 1.70. The monoisotopic (exact) mass is 395 g/mol. The predicted molar refractivity (Wildman–Crippen MR) is 107 cm³/mol. The number of ether oxygens (including phenoxy) is 1. The molecule has 1 fully saturated rings. The van der Waals surface area contributed by atoms with Crippen molar-refractivity contribution in [1.29, 1.82) is 0 Å². The fraction of sp³-hybridized carbons (Fsp3) is 0.238.